The molecule has 1 amide bonds. The fourth-order valence-corrected chi connectivity index (χ4v) is 2.76. The van der Waals surface area contributed by atoms with Gasteiger partial charge in [0.2, 0.25) is 0 Å². The lowest BCUT2D eigenvalue weighted by Gasteiger charge is -2.24. The monoisotopic (exact) mass is 315 g/mol. The highest BCUT2D eigenvalue weighted by Crippen LogP contribution is 2.36. The number of aryl methyl sites for hydroxylation is 2. The molecule has 2 aromatic rings. The number of amides is 1. The highest BCUT2D eigenvalue weighted by atomic mass is 16.4. The first-order valence-electron chi connectivity index (χ1n) is 8.05. The molecule has 0 saturated heterocycles. The van der Waals surface area contributed by atoms with Crippen LogP contribution < -0.4 is 10.9 Å². The summed E-state index contributed by atoms with van der Waals surface area (Å²) < 4.78 is 7.15. The van der Waals surface area contributed by atoms with E-state index in [1.54, 1.807) is 17.8 Å². The third kappa shape index (κ3) is 3.52. The first kappa shape index (κ1) is 15.5. The van der Waals surface area contributed by atoms with Crippen molar-refractivity contribution in [2.75, 3.05) is 6.54 Å². The van der Waals surface area contributed by atoms with Crippen molar-refractivity contribution >= 4 is 5.91 Å². The van der Waals surface area contributed by atoms with Gasteiger partial charge in [0, 0.05) is 31.4 Å². The van der Waals surface area contributed by atoms with Gasteiger partial charge in [-0.25, -0.2) is 4.79 Å². The summed E-state index contributed by atoms with van der Waals surface area (Å²) in [7, 11) is 0. The summed E-state index contributed by atoms with van der Waals surface area (Å²) in [5, 5.41) is 6.88. The molecule has 6 nitrogen and oxygen atoms in total. The van der Waals surface area contributed by atoms with Crippen LogP contribution in [0.1, 0.15) is 53.3 Å². The topological polar surface area (TPSA) is 77.1 Å². The standard InChI is InChI=1S/C17H21N3O3/c1-12-11-14(13-5-2-6-13)23-17(22)15(12)16(21)18-7-3-9-20-10-4-8-19-20/h4,8,10-11,13H,2-3,5-7,9H2,1H3,(H,18,21). The number of nitrogens with one attached hydrogen (secondary N) is 1. The van der Waals surface area contributed by atoms with E-state index in [-0.39, 0.29) is 11.5 Å². The minimum atomic E-state index is -0.531. The van der Waals surface area contributed by atoms with Crippen molar-refractivity contribution < 1.29 is 9.21 Å². The highest BCUT2D eigenvalue weighted by Gasteiger charge is 2.25. The molecule has 1 saturated carbocycles. The molecule has 6 heteroatoms. The van der Waals surface area contributed by atoms with E-state index in [1.807, 2.05) is 18.3 Å². The van der Waals surface area contributed by atoms with Crippen molar-refractivity contribution in [3.05, 3.63) is 51.8 Å². The molecular weight excluding hydrogens is 294 g/mol. The van der Waals surface area contributed by atoms with E-state index in [1.165, 1.54) is 6.42 Å². The van der Waals surface area contributed by atoms with E-state index in [9.17, 15) is 9.59 Å². The summed E-state index contributed by atoms with van der Waals surface area (Å²) in [5.41, 5.74) is 0.274. The Morgan fingerprint density at radius 3 is 2.91 bits per heavy atom. The van der Waals surface area contributed by atoms with Gasteiger partial charge in [0.1, 0.15) is 11.3 Å². The smallest absolute Gasteiger partial charge is 0.349 e. The predicted octanol–water partition coefficient (Wildman–Crippen LogP) is 2.23. The SMILES string of the molecule is Cc1cc(C2CCC2)oc(=O)c1C(=O)NCCCn1cccn1. The number of aromatic nitrogens is 2. The fraction of sp³-hybridized carbons (Fsp3) is 0.471. The maximum atomic E-state index is 12.2. The Balaban J connectivity index is 1.59. The maximum Gasteiger partial charge on any atom is 0.349 e. The zero-order valence-electron chi connectivity index (χ0n) is 13.2. The number of nitrogens with zero attached hydrogens (tertiary/aromatic N) is 2. The van der Waals surface area contributed by atoms with Crippen LogP contribution in [-0.4, -0.2) is 22.2 Å². The number of hydrogen-bond donors (Lipinski definition) is 1. The van der Waals surface area contributed by atoms with E-state index < -0.39 is 5.63 Å². The summed E-state index contributed by atoms with van der Waals surface area (Å²) in [6.07, 6.45) is 7.63. The van der Waals surface area contributed by atoms with Gasteiger partial charge in [-0.15, -0.1) is 0 Å². The van der Waals surface area contributed by atoms with Gasteiger partial charge in [0.15, 0.2) is 0 Å². The molecule has 0 spiro atoms. The van der Waals surface area contributed by atoms with Crippen molar-refractivity contribution in [3.63, 3.8) is 0 Å². The van der Waals surface area contributed by atoms with Crippen molar-refractivity contribution in [3.8, 4) is 0 Å². The van der Waals surface area contributed by atoms with Gasteiger partial charge < -0.3 is 9.73 Å². The van der Waals surface area contributed by atoms with Crippen LogP contribution in [0, 0.1) is 6.92 Å². The molecule has 2 aromatic heterocycles. The molecule has 1 fully saturated rings. The second-order valence-electron chi connectivity index (χ2n) is 6.00. The molecule has 1 aliphatic carbocycles. The Kier molecular flexibility index (Phi) is 4.60. The van der Waals surface area contributed by atoms with Crippen LogP contribution >= 0.6 is 0 Å². The van der Waals surface area contributed by atoms with E-state index in [4.69, 9.17) is 4.42 Å². The summed E-state index contributed by atoms with van der Waals surface area (Å²) >= 11 is 0. The molecular formula is C17H21N3O3. The van der Waals surface area contributed by atoms with Gasteiger partial charge in [-0.3, -0.25) is 9.48 Å². The number of carbonyl (C=O) groups excluding carboxylic acids is 1. The van der Waals surface area contributed by atoms with E-state index in [2.05, 4.69) is 10.4 Å². The van der Waals surface area contributed by atoms with Gasteiger partial charge >= 0.3 is 5.63 Å². The molecule has 0 aromatic carbocycles. The number of rotatable bonds is 6. The Bertz CT molecular complexity index is 730. The molecule has 1 N–H and O–H groups in total. The van der Waals surface area contributed by atoms with E-state index in [0.717, 1.165) is 25.8 Å². The Hall–Kier alpha value is -2.37. The third-order valence-electron chi connectivity index (χ3n) is 4.31. The van der Waals surface area contributed by atoms with Crippen LogP contribution in [0.5, 0.6) is 0 Å². The molecule has 23 heavy (non-hydrogen) atoms. The Labute approximate surface area is 134 Å². The third-order valence-corrected chi connectivity index (χ3v) is 4.31. The van der Waals surface area contributed by atoms with Crippen LogP contribution in [0.3, 0.4) is 0 Å². The van der Waals surface area contributed by atoms with Crippen LogP contribution in [0.2, 0.25) is 0 Å². The Morgan fingerprint density at radius 2 is 2.30 bits per heavy atom. The molecule has 3 rings (SSSR count). The molecule has 0 bridgehead atoms. The maximum absolute atomic E-state index is 12.2. The minimum absolute atomic E-state index is 0.118. The first-order valence-corrected chi connectivity index (χ1v) is 8.05. The average molecular weight is 315 g/mol. The molecule has 0 radical (unpaired) electrons. The highest BCUT2D eigenvalue weighted by molar-refractivity contribution is 5.95. The Morgan fingerprint density at radius 1 is 1.48 bits per heavy atom. The van der Waals surface area contributed by atoms with E-state index in [0.29, 0.717) is 23.8 Å². The quantitative estimate of drug-likeness (QED) is 0.829. The fourth-order valence-electron chi connectivity index (χ4n) is 2.76. The van der Waals surface area contributed by atoms with Crippen LogP contribution in [0.4, 0.5) is 0 Å². The normalized spacial score (nSPS) is 14.5. The zero-order chi connectivity index (χ0) is 16.2. The predicted molar refractivity (Wildman–Crippen MR) is 85.5 cm³/mol. The van der Waals surface area contributed by atoms with Gasteiger partial charge in [-0.1, -0.05) is 6.42 Å². The lowest BCUT2D eigenvalue weighted by Crippen LogP contribution is -2.31. The summed E-state index contributed by atoms with van der Waals surface area (Å²) in [6.45, 7) is 3.00. The van der Waals surface area contributed by atoms with Crippen molar-refractivity contribution in [1.29, 1.82) is 0 Å². The molecule has 2 heterocycles. The molecule has 1 aliphatic rings. The van der Waals surface area contributed by atoms with Gasteiger partial charge in [0.25, 0.3) is 5.91 Å². The van der Waals surface area contributed by atoms with Gasteiger partial charge in [0.05, 0.1) is 0 Å². The summed E-state index contributed by atoms with van der Waals surface area (Å²) in [6, 6.07) is 3.70. The number of hydrogen-bond acceptors (Lipinski definition) is 4. The van der Waals surface area contributed by atoms with Crippen LogP contribution in [0.25, 0.3) is 0 Å². The summed E-state index contributed by atoms with van der Waals surface area (Å²) in [5.74, 6) is 0.693. The van der Waals surface area contributed by atoms with Gasteiger partial charge in [-0.05, 0) is 43.9 Å². The van der Waals surface area contributed by atoms with Crippen LogP contribution in [-0.2, 0) is 6.54 Å². The molecule has 122 valence electrons. The van der Waals surface area contributed by atoms with Crippen LogP contribution in [0.15, 0.2) is 33.7 Å². The number of carbonyl (C=O) groups is 1. The molecule has 0 atom stereocenters. The van der Waals surface area contributed by atoms with Crippen molar-refractivity contribution in [2.24, 2.45) is 0 Å². The second kappa shape index (κ2) is 6.81. The second-order valence-corrected chi connectivity index (χ2v) is 6.00. The van der Waals surface area contributed by atoms with E-state index >= 15 is 0 Å². The van der Waals surface area contributed by atoms with Gasteiger partial charge in [-0.2, -0.15) is 5.10 Å². The molecule has 0 unspecified atom stereocenters. The summed E-state index contributed by atoms with van der Waals surface area (Å²) in [4.78, 5) is 24.3. The molecule has 0 aliphatic heterocycles. The lowest BCUT2D eigenvalue weighted by atomic mass is 9.83. The largest absolute Gasteiger partial charge is 0.427 e. The lowest BCUT2D eigenvalue weighted by molar-refractivity contribution is 0.0947. The average Bonchev–Trinajstić information content (AvgIpc) is 2.94. The van der Waals surface area contributed by atoms with Crippen molar-refractivity contribution in [1.82, 2.24) is 15.1 Å². The van der Waals surface area contributed by atoms with Crippen molar-refractivity contribution in [2.45, 2.75) is 45.1 Å². The zero-order valence-corrected chi connectivity index (χ0v) is 13.2. The minimum Gasteiger partial charge on any atom is -0.427 e. The first-order chi connectivity index (χ1) is 11.1.